The summed E-state index contributed by atoms with van der Waals surface area (Å²) < 4.78 is 0. The van der Waals surface area contributed by atoms with Crippen LogP contribution >= 0.6 is 11.3 Å². The number of fused-ring (bicyclic) bond motifs is 1. The molecule has 3 nitrogen and oxygen atoms in total. The molecule has 0 aliphatic carbocycles. The minimum Gasteiger partial charge on any atom is -0.369 e. The molecule has 0 spiro atoms. The van der Waals surface area contributed by atoms with Crippen molar-refractivity contribution < 1.29 is 0 Å². The smallest absolute Gasteiger partial charge is 0.138 e. The Morgan fingerprint density at radius 1 is 1.33 bits per heavy atom. The van der Waals surface area contributed by atoms with Gasteiger partial charge in [-0.25, -0.2) is 9.97 Å². The van der Waals surface area contributed by atoms with E-state index in [0.717, 1.165) is 22.6 Å². The van der Waals surface area contributed by atoms with Gasteiger partial charge in [0.25, 0.3) is 0 Å². The van der Waals surface area contributed by atoms with E-state index in [1.54, 1.807) is 17.7 Å². The largest absolute Gasteiger partial charge is 0.369 e. The Morgan fingerprint density at radius 2 is 2.13 bits per heavy atom. The zero-order valence-electron chi connectivity index (χ0n) is 9.24. The predicted octanol–water partition coefficient (Wildman–Crippen LogP) is 3.15. The van der Waals surface area contributed by atoms with Crippen molar-refractivity contribution in [2.24, 2.45) is 5.41 Å². The highest BCUT2D eigenvalue weighted by molar-refractivity contribution is 7.16. The van der Waals surface area contributed by atoms with E-state index >= 15 is 0 Å². The van der Waals surface area contributed by atoms with Gasteiger partial charge in [0.05, 0.1) is 5.39 Å². The van der Waals surface area contributed by atoms with E-state index in [1.807, 2.05) is 5.38 Å². The lowest BCUT2D eigenvalue weighted by Crippen LogP contribution is -2.19. The number of nitrogens with one attached hydrogen (secondary N) is 1. The summed E-state index contributed by atoms with van der Waals surface area (Å²) in [7, 11) is 0. The molecule has 1 N–H and O–H groups in total. The van der Waals surface area contributed by atoms with Crippen LogP contribution in [-0.4, -0.2) is 16.5 Å². The normalized spacial score (nSPS) is 11.9. The maximum Gasteiger partial charge on any atom is 0.138 e. The van der Waals surface area contributed by atoms with E-state index in [0.29, 0.717) is 0 Å². The molecule has 0 saturated heterocycles. The minimum absolute atomic E-state index is 0.257. The summed E-state index contributed by atoms with van der Waals surface area (Å²) in [6.07, 6.45) is 1.61. The Labute approximate surface area is 93.6 Å². The lowest BCUT2D eigenvalue weighted by Gasteiger charge is -2.19. The molecule has 0 bridgehead atoms. The van der Waals surface area contributed by atoms with Gasteiger partial charge in [0.1, 0.15) is 17.0 Å². The van der Waals surface area contributed by atoms with Crippen LogP contribution in [0.5, 0.6) is 0 Å². The topological polar surface area (TPSA) is 37.8 Å². The van der Waals surface area contributed by atoms with E-state index in [-0.39, 0.29) is 5.41 Å². The van der Waals surface area contributed by atoms with E-state index in [4.69, 9.17) is 0 Å². The van der Waals surface area contributed by atoms with Gasteiger partial charge >= 0.3 is 0 Å². The van der Waals surface area contributed by atoms with E-state index in [9.17, 15) is 0 Å². The zero-order valence-corrected chi connectivity index (χ0v) is 10.1. The predicted molar refractivity (Wildman–Crippen MR) is 65.4 cm³/mol. The maximum absolute atomic E-state index is 4.27. The zero-order chi connectivity index (χ0) is 10.9. The van der Waals surface area contributed by atoms with Gasteiger partial charge in [0.15, 0.2) is 0 Å². The Bertz CT molecular complexity index is 456. The summed E-state index contributed by atoms with van der Waals surface area (Å²) >= 11 is 1.64. The molecule has 0 fully saturated rings. The van der Waals surface area contributed by atoms with Crippen molar-refractivity contribution in [3.05, 3.63) is 17.8 Å². The first-order valence-corrected chi connectivity index (χ1v) is 5.86. The third kappa shape index (κ3) is 2.45. The van der Waals surface area contributed by atoms with Crippen LogP contribution in [0.2, 0.25) is 0 Å². The average molecular weight is 221 g/mol. The van der Waals surface area contributed by atoms with Gasteiger partial charge in [0, 0.05) is 6.54 Å². The second-order valence-corrected chi connectivity index (χ2v) is 5.67. The van der Waals surface area contributed by atoms with Crippen LogP contribution in [0.4, 0.5) is 5.82 Å². The van der Waals surface area contributed by atoms with E-state index < -0.39 is 0 Å². The molecule has 2 rings (SSSR count). The van der Waals surface area contributed by atoms with Crippen LogP contribution in [0.1, 0.15) is 20.8 Å². The fourth-order valence-electron chi connectivity index (χ4n) is 1.28. The van der Waals surface area contributed by atoms with Crippen molar-refractivity contribution in [3.8, 4) is 0 Å². The van der Waals surface area contributed by atoms with E-state index in [1.165, 1.54) is 0 Å². The molecular weight excluding hydrogens is 206 g/mol. The fourth-order valence-corrected chi connectivity index (χ4v) is 2.01. The van der Waals surface area contributed by atoms with Crippen molar-refractivity contribution in [1.29, 1.82) is 0 Å². The third-order valence-electron chi connectivity index (χ3n) is 2.05. The second kappa shape index (κ2) is 3.77. The first-order valence-electron chi connectivity index (χ1n) is 4.98. The van der Waals surface area contributed by atoms with Crippen LogP contribution in [0.15, 0.2) is 17.8 Å². The van der Waals surface area contributed by atoms with Crippen molar-refractivity contribution in [3.63, 3.8) is 0 Å². The van der Waals surface area contributed by atoms with Crippen molar-refractivity contribution in [2.75, 3.05) is 11.9 Å². The molecule has 0 atom stereocenters. The lowest BCUT2D eigenvalue weighted by atomic mass is 9.97. The standard InChI is InChI=1S/C11H15N3S/c1-11(2,3)6-12-9-8-4-5-15-10(8)14-7-13-9/h4-5,7H,6H2,1-3H3,(H,12,13,14). The van der Waals surface area contributed by atoms with Crippen LogP contribution in [0.25, 0.3) is 10.2 Å². The Balaban J connectivity index is 2.24. The Morgan fingerprint density at radius 3 is 2.87 bits per heavy atom. The Hall–Kier alpha value is -1.16. The third-order valence-corrected chi connectivity index (χ3v) is 2.87. The van der Waals surface area contributed by atoms with Crippen molar-refractivity contribution in [2.45, 2.75) is 20.8 Å². The number of hydrogen-bond acceptors (Lipinski definition) is 4. The first kappa shape index (κ1) is 10.4. The van der Waals surface area contributed by atoms with Crippen LogP contribution in [0.3, 0.4) is 0 Å². The highest BCUT2D eigenvalue weighted by Gasteiger charge is 2.11. The summed E-state index contributed by atoms with van der Waals surface area (Å²) in [6.45, 7) is 7.51. The van der Waals surface area contributed by atoms with Gasteiger partial charge in [-0.2, -0.15) is 0 Å². The highest BCUT2D eigenvalue weighted by atomic mass is 32.1. The summed E-state index contributed by atoms with van der Waals surface area (Å²) in [5.41, 5.74) is 0.257. The summed E-state index contributed by atoms with van der Waals surface area (Å²) in [6, 6.07) is 2.06. The first-order chi connectivity index (χ1) is 7.06. The quantitative estimate of drug-likeness (QED) is 0.846. The molecular formula is C11H15N3S. The summed E-state index contributed by atoms with van der Waals surface area (Å²) in [4.78, 5) is 9.52. The van der Waals surface area contributed by atoms with Crippen LogP contribution in [-0.2, 0) is 0 Å². The number of nitrogens with zero attached hydrogens (tertiary/aromatic N) is 2. The van der Waals surface area contributed by atoms with Gasteiger partial charge in [0.2, 0.25) is 0 Å². The van der Waals surface area contributed by atoms with Crippen LogP contribution in [0, 0.1) is 5.41 Å². The van der Waals surface area contributed by atoms with Crippen molar-refractivity contribution in [1.82, 2.24) is 9.97 Å². The minimum atomic E-state index is 0.257. The number of anilines is 1. The highest BCUT2D eigenvalue weighted by Crippen LogP contribution is 2.24. The summed E-state index contributed by atoms with van der Waals surface area (Å²) in [5.74, 6) is 0.941. The molecule has 4 heteroatoms. The number of aromatic nitrogens is 2. The molecule has 2 aromatic heterocycles. The molecule has 0 aliphatic rings. The SMILES string of the molecule is CC(C)(C)CNc1ncnc2sccc12. The number of hydrogen-bond donors (Lipinski definition) is 1. The Kier molecular flexibility index (Phi) is 2.61. The molecule has 0 unspecified atom stereocenters. The molecule has 2 heterocycles. The van der Waals surface area contributed by atoms with Crippen molar-refractivity contribution >= 4 is 27.4 Å². The molecule has 0 aliphatic heterocycles. The molecule has 0 saturated carbocycles. The van der Waals surface area contributed by atoms with Crippen LogP contribution < -0.4 is 5.32 Å². The van der Waals surface area contributed by atoms with Gasteiger partial charge in [-0.05, 0) is 16.9 Å². The van der Waals surface area contributed by atoms with Gasteiger partial charge in [-0.3, -0.25) is 0 Å². The average Bonchev–Trinajstić information content (AvgIpc) is 2.61. The van der Waals surface area contributed by atoms with Gasteiger partial charge in [-0.15, -0.1) is 11.3 Å². The summed E-state index contributed by atoms with van der Waals surface area (Å²) in [5, 5.41) is 6.53. The van der Waals surface area contributed by atoms with Gasteiger partial charge in [-0.1, -0.05) is 20.8 Å². The van der Waals surface area contributed by atoms with Gasteiger partial charge < -0.3 is 5.32 Å². The monoisotopic (exact) mass is 221 g/mol. The molecule has 0 aromatic carbocycles. The number of rotatable bonds is 2. The molecule has 15 heavy (non-hydrogen) atoms. The second-order valence-electron chi connectivity index (χ2n) is 4.78. The van der Waals surface area contributed by atoms with E-state index in [2.05, 4.69) is 42.1 Å². The lowest BCUT2D eigenvalue weighted by molar-refractivity contribution is 0.442. The fraction of sp³-hybridized carbons (Fsp3) is 0.455. The number of thiophene rings is 1. The molecule has 0 amide bonds. The molecule has 2 aromatic rings. The molecule has 0 radical (unpaired) electrons. The molecule has 80 valence electrons. The maximum atomic E-state index is 4.27.